The van der Waals surface area contributed by atoms with Gasteiger partial charge in [-0.3, -0.25) is 9.36 Å². The fraction of sp³-hybridized carbons (Fsp3) is 0.188. The van der Waals surface area contributed by atoms with Gasteiger partial charge in [-0.2, -0.15) is 0 Å². The molecule has 0 saturated carbocycles. The number of thiazole rings is 1. The van der Waals surface area contributed by atoms with Crippen molar-refractivity contribution in [1.82, 2.24) is 4.57 Å². The molecule has 1 N–H and O–H groups in total. The van der Waals surface area contributed by atoms with Crippen LogP contribution in [0.5, 0.6) is 5.75 Å². The van der Waals surface area contributed by atoms with E-state index in [2.05, 4.69) is 11.6 Å². The molecule has 0 bridgehead atoms. The Morgan fingerprint density at radius 1 is 1.14 bits per heavy atom. The number of hydrogen-bond acceptors (Lipinski definition) is 8. The Kier molecular flexibility index (Phi) is 8.08. The summed E-state index contributed by atoms with van der Waals surface area (Å²) in [6, 6.07) is 14.7. The predicted molar refractivity (Wildman–Crippen MR) is 158 cm³/mol. The Balaban J connectivity index is 1.60. The molecule has 2 aromatic heterocycles. The van der Waals surface area contributed by atoms with E-state index >= 15 is 0 Å². The van der Waals surface area contributed by atoms with Crippen LogP contribution in [0, 0.1) is 6.92 Å². The van der Waals surface area contributed by atoms with Crippen LogP contribution in [0.4, 0.5) is 0 Å². The van der Waals surface area contributed by atoms with Crippen LogP contribution in [0.3, 0.4) is 0 Å². The molecule has 0 unspecified atom stereocenters. The fourth-order valence-corrected chi connectivity index (χ4v) is 5.76. The van der Waals surface area contributed by atoms with E-state index in [0.29, 0.717) is 50.0 Å². The van der Waals surface area contributed by atoms with Gasteiger partial charge in [0.2, 0.25) is 0 Å². The lowest BCUT2D eigenvalue weighted by Gasteiger charge is -2.24. The summed E-state index contributed by atoms with van der Waals surface area (Å²) in [6.45, 7) is 9.50. The van der Waals surface area contributed by atoms with Crippen LogP contribution in [-0.2, 0) is 9.53 Å². The molecule has 4 aromatic rings. The van der Waals surface area contributed by atoms with Crippen molar-refractivity contribution in [3.8, 4) is 17.1 Å². The fourth-order valence-electron chi connectivity index (χ4n) is 4.73. The second kappa shape index (κ2) is 11.9. The number of carbonyl (C=O) groups excluding carboxylic acids is 1. The van der Waals surface area contributed by atoms with Gasteiger partial charge in [0.25, 0.3) is 5.56 Å². The molecule has 1 aliphatic rings. The maximum absolute atomic E-state index is 13.9. The average Bonchev–Trinajstić information content (AvgIpc) is 3.55. The molecule has 0 saturated heterocycles. The normalized spacial score (nSPS) is 14.7. The summed E-state index contributed by atoms with van der Waals surface area (Å²) in [5.74, 6) is -0.0550. The van der Waals surface area contributed by atoms with E-state index in [1.54, 1.807) is 62.4 Å². The maximum atomic E-state index is 13.9. The Morgan fingerprint density at radius 2 is 1.90 bits per heavy atom. The smallest absolute Gasteiger partial charge is 0.338 e. The molecule has 0 amide bonds. The van der Waals surface area contributed by atoms with Gasteiger partial charge in [0.1, 0.15) is 23.9 Å². The predicted octanol–water partition coefficient (Wildman–Crippen LogP) is 4.63. The second-order valence-corrected chi connectivity index (χ2v) is 10.5. The van der Waals surface area contributed by atoms with Crippen molar-refractivity contribution in [2.24, 2.45) is 4.99 Å². The number of ether oxygens (including phenoxy) is 2. The molecule has 5 rings (SSSR count). The number of carboxylic acid groups (broad SMARTS) is 1. The quantitative estimate of drug-likeness (QED) is 0.225. The van der Waals surface area contributed by atoms with Crippen LogP contribution < -0.4 is 19.6 Å². The number of furan rings is 1. The molecular weight excluding hydrogens is 556 g/mol. The van der Waals surface area contributed by atoms with Crippen molar-refractivity contribution in [1.29, 1.82) is 0 Å². The molecule has 214 valence electrons. The number of aryl methyl sites for hydroxylation is 1. The van der Waals surface area contributed by atoms with Crippen LogP contribution >= 0.6 is 11.3 Å². The molecule has 2 aromatic carbocycles. The number of aromatic nitrogens is 1. The molecule has 0 radical (unpaired) electrons. The molecular formula is C32H28N2O7S. The number of fused-ring (bicyclic) bond motifs is 1. The number of carbonyl (C=O) groups is 2. The van der Waals surface area contributed by atoms with Crippen LogP contribution in [0.2, 0.25) is 0 Å². The number of esters is 1. The summed E-state index contributed by atoms with van der Waals surface area (Å²) in [5.41, 5.74) is 2.74. The zero-order chi connectivity index (χ0) is 30.0. The van der Waals surface area contributed by atoms with E-state index in [9.17, 15) is 19.5 Å². The zero-order valence-corrected chi connectivity index (χ0v) is 24.1. The highest BCUT2D eigenvalue weighted by atomic mass is 32.1. The molecule has 3 heterocycles. The molecule has 10 heteroatoms. The van der Waals surface area contributed by atoms with Gasteiger partial charge < -0.3 is 19.0 Å². The Bertz CT molecular complexity index is 1910. The monoisotopic (exact) mass is 584 g/mol. The molecule has 1 atom stereocenters. The summed E-state index contributed by atoms with van der Waals surface area (Å²) in [6.07, 6.45) is 3.27. The van der Waals surface area contributed by atoms with Crippen LogP contribution in [0.15, 0.2) is 92.7 Å². The first kappa shape index (κ1) is 28.6. The lowest BCUT2D eigenvalue weighted by molar-refractivity contribution is -0.139. The Morgan fingerprint density at radius 3 is 2.60 bits per heavy atom. The molecule has 9 nitrogen and oxygen atoms in total. The topological polar surface area (TPSA) is 120 Å². The number of aromatic carboxylic acids is 1. The highest BCUT2D eigenvalue weighted by Gasteiger charge is 2.33. The molecule has 42 heavy (non-hydrogen) atoms. The van der Waals surface area contributed by atoms with E-state index in [1.165, 1.54) is 22.0 Å². The number of nitrogens with zero attached hydrogens (tertiary/aromatic N) is 2. The van der Waals surface area contributed by atoms with Gasteiger partial charge in [-0.05, 0) is 68.3 Å². The van der Waals surface area contributed by atoms with Crippen molar-refractivity contribution >= 4 is 29.4 Å². The summed E-state index contributed by atoms with van der Waals surface area (Å²) in [5, 5.41) is 9.39. The number of allylic oxidation sites excluding steroid dienone is 1. The van der Waals surface area contributed by atoms with Crippen molar-refractivity contribution in [2.75, 3.05) is 13.2 Å². The van der Waals surface area contributed by atoms with Gasteiger partial charge >= 0.3 is 11.9 Å². The lowest BCUT2D eigenvalue weighted by Crippen LogP contribution is -2.39. The SMILES string of the molecule is C=CCOc1ccc([C@@H]2C(C(=O)OCC)=C(C)N=c3sc(=Cc4ccc(-c5cc(C(=O)O)ccc5C)o4)c(=O)n32)cc1. The zero-order valence-electron chi connectivity index (χ0n) is 23.2. The molecule has 0 fully saturated rings. The van der Waals surface area contributed by atoms with Gasteiger partial charge in [-0.1, -0.05) is 42.2 Å². The number of benzene rings is 2. The number of rotatable bonds is 9. The third-order valence-corrected chi connectivity index (χ3v) is 7.71. The van der Waals surface area contributed by atoms with E-state index in [0.717, 1.165) is 5.56 Å². The van der Waals surface area contributed by atoms with Gasteiger partial charge in [0, 0.05) is 11.6 Å². The highest BCUT2D eigenvalue weighted by Crippen LogP contribution is 2.32. The van der Waals surface area contributed by atoms with Gasteiger partial charge in [0.15, 0.2) is 4.80 Å². The first-order chi connectivity index (χ1) is 20.2. The standard InChI is InChI=1S/C32H28N2O7S/c1-5-15-40-22-11-9-20(10-12-22)28-27(31(38)39-6-2)19(4)33-32-34(28)29(35)26(42-32)17-23-13-14-25(41-23)24-16-21(30(36)37)8-7-18(24)3/h5,7-14,16-17,28H,1,6,15H2,2-4H3,(H,36,37)/t28-/m1/s1. The van der Waals surface area contributed by atoms with Gasteiger partial charge in [0.05, 0.1) is 34.0 Å². The average molecular weight is 585 g/mol. The minimum atomic E-state index is -1.03. The third kappa shape index (κ3) is 5.48. The summed E-state index contributed by atoms with van der Waals surface area (Å²) in [4.78, 5) is 43.5. The Hall–Kier alpha value is -4.96. The first-order valence-corrected chi connectivity index (χ1v) is 14.0. The first-order valence-electron chi connectivity index (χ1n) is 13.2. The van der Waals surface area contributed by atoms with Crippen molar-refractivity contribution in [2.45, 2.75) is 26.8 Å². The number of carboxylic acids is 1. The maximum Gasteiger partial charge on any atom is 0.338 e. The minimum absolute atomic E-state index is 0.148. The summed E-state index contributed by atoms with van der Waals surface area (Å²) >= 11 is 1.18. The van der Waals surface area contributed by atoms with E-state index < -0.39 is 18.0 Å². The van der Waals surface area contributed by atoms with E-state index in [-0.39, 0.29) is 23.3 Å². The van der Waals surface area contributed by atoms with Crippen LogP contribution in [0.1, 0.15) is 47.1 Å². The van der Waals surface area contributed by atoms with Crippen molar-refractivity contribution in [3.05, 3.63) is 121 Å². The Labute approximate surface area is 245 Å². The minimum Gasteiger partial charge on any atom is -0.490 e. The molecule has 1 aliphatic heterocycles. The van der Waals surface area contributed by atoms with Gasteiger partial charge in [-0.25, -0.2) is 14.6 Å². The van der Waals surface area contributed by atoms with Crippen molar-refractivity contribution < 1.29 is 28.6 Å². The van der Waals surface area contributed by atoms with Gasteiger partial charge in [-0.15, -0.1) is 0 Å². The van der Waals surface area contributed by atoms with E-state index in [1.807, 2.05) is 19.1 Å². The molecule has 0 aliphatic carbocycles. The van der Waals surface area contributed by atoms with E-state index in [4.69, 9.17) is 13.9 Å². The lowest BCUT2D eigenvalue weighted by atomic mass is 9.96. The summed E-state index contributed by atoms with van der Waals surface area (Å²) in [7, 11) is 0. The largest absolute Gasteiger partial charge is 0.490 e. The highest BCUT2D eigenvalue weighted by molar-refractivity contribution is 7.07. The number of hydrogen-bond donors (Lipinski definition) is 1. The summed E-state index contributed by atoms with van der Waals surface area (Å²) < 4.78 is 18.8. The van der Waals surface area contributed by atoms with Crippen LogP contribution in [0.25, 0.3) is 17.4 Å². The van der Waals surface area contributed by atoms with Crippen molar-refractivity contribution in [3.63, 3.8) is 0 Å². The molecule has 0 spiro atoms. The second-order valence-electron chi connectivity index (χ2n) is 9.51. The third-order valence-electron chi connectivity index (χ3n) is 6.73. The van der Waals surface area contributed by atoms with Crippen LogP contribution in [-0.4, -0.2) is 34.8 Å².